The van der Waals surface area contributed by atoms with Crippen molar-refractivity contribution in [3.63, 3.8) is 0 Å². The molecule has 12 nitrogen and oxygen atoms in total. The molecule has 6 rings (SSSR count). The largest absolute Gasteiger partial charge is 0.508 e. The molecule has 0 aromatic heterocycles. The van der Waals surface area contributed by atoms with Crippen LogP contribution >= 0.6 is 0 Å². The van der Waals surface area contributed by atoms with Crippen LogP contribution in [0.4, 0.5) is 5.69 Å². The number of aliphatic hydroxyl groups is 3. The number of anilines is 1. The molecule has 1 amide bonds. The standard InChI is InChI=1S/C29H36N4O8/c1-5-32(2)21-14-9-12-8-13-16(22(34)15(12)26(37)29(14,40)27(38)18(24(21)36)28(30)39)23(35)19-17(25(13)41-4)20-11(10-31-19)6-7-33(20)3/h11-12,14,20-21,31,34-35,38,40H,5-10H2,1-4H3,(H2,30,39)/t11?,12-,14-,20?,21-,29-/m0/s1. The van der Waals surface area contributed by atoms with E-state index >= 15 is 0 Å². The lowest BCUT2D eigenvalue weighted by molar-refractivity contribution is -0.154. The molecule has 220 valence electrons. The number of carbonyl (C=O) groups is 3. The molecular formula is C29H36N4O8. The Hall–Kier alpha value is -3.61. The van der Waals surface area contributed by atoms with Crippen LogP contribution in [0.2, 0.25) is 0 Å². The molecule has 1 saturated heterocycles. The number of ether oxygens (including phenoxy) is 1. The van der Waals surface area contributed by atoms with E-state index < -0.39 is 58.0 Å². The molecule has 0 spiro atoms. The van der Waals surface area contributed by atoms with Gasteiger partial charge in [0.2, 0.25) is 5.78 Å². The Morgan fingerprint density at radius 3 is 2.61 bits per heavy atom. The maximum atomic E-state index is 14.1. The van der Waals surface area contributed by atoms with Gasteiger partial charge in [-0.3, -0.25) is 24.2 Å². The number of aliphatic hydroxyl groups excluding tert-OH is 2. The van der Waals surface area contributed by atoms with Crippen molar-refractivity contribution in [3.05, 3.63) is 33.6 Å². The van der Waals surface area contributed by atoms with Crippen LogP contribution in [0, 0.1) is 17.8 Å². The van der Waals surface area contributed by atoms with Gasteiger partial charge in [0, 0.05) is 35.2 Å². The molecule has 2 unspecified atom stereocenters. The number of primary amides is 1. The summed E-state index contributed by atoms with van der Waals surface area (Å²) < 4.78 is 5.95. The molecule has 0 bridgehead atoms. The Kier molecular flexibility index (Phi) is 6.18. The predicted octanol–water partition coefficient (Wildman–Crippen LogP) is 0.781. The average molecular weight is 569 g/mol. The summed E-state index contributed by atoms with van der Waals surface area (Å²) in [6.45, 7) is 3.63. The fourth-order valence-corrected chi connectivity index (χ4v) is 8.10. The number of amides is 1. The Balaban J connectivity index is 1.58. The lowest BCUT2D eigenvalue weighted by atomic mass is 9.57. The summed E-state index contributed by atoms with van der Waals surface area (Å²) >= 11 is 0. The summed E-state index contributed by atoms with van der Waals surface area (Å²) in [7, 11) is 5.19. The van der Waals surface area contributed by atoms with E-state index in [0.29, 0.717) is 36.0 Å². The maximum Gasteiger partial charge on any atom is 0.255 e. The highest BCUT2D eigenvalue weighted by Gasteiger charge is 2.64. The Bertz CT molecular complexity index is 1470. The average Bonchev–Trinajstić information content (AvgIpc) is 3.31. The van der Waals surface area contributed by atoms with Crippen LogP contribution in [-0.2, 0) is 20.8 Å². The van der Waals surface area contributed by atoms with Gasteiger partial charge in [0.05, 0.1) is 24.4 Å². The van der Waals surface area contributed by atoms with E-state index in [4.69, 9.17) is 10.5 Å². The second-order valence-corrected chi connectivity index (χ2v) is 12.0. The van der Waals surface area contributed by atoms with Crippen molar-refractivity contribution in [1.29, 1.82) is 0 Å². The van der Waals surface area contributed by atoms with E-state index in [1.807, 2.05) is 7.05 Å². The quantitative estimate of drug-likeness (QED) is 0.223. The van der Waals surface area contributed by atoms with Crippen LogP contribution in [0.1, 0.15) is 42.5 Å². The number of benzene rings is 1. The van der Waals surface area contributed by atoms with Crippen molar-refractivity contribution in [2.75, 3.05) is 46.2 Å². The van der Waals surface area contributed by atoms with Gasteiger partial charge >= 0.3 is 0 Å². The first-order valence-electron chi connectivity index (χ1n) is 14.0. The van der Waals surface area contributed by atoms with Gasteiger partial charge in [0.15, 0.2) is 17.1 Å². The second-order valence-electron chi connectivity index (χ2n) is 12.0. The molecule has 2 heterocycles. The van der Waals surface area contributed by atoms with Crippen molar-refractivity contribution < 1.29 is 39.5 Å². The summed E-state index contributed by atoms with van der Waals surface area (Å²) in [5.74, 6) is -5.86. The molecule has 6 atom stereocenters. The monoisotopic (exact) mass is 568 g/mol. The van der Waals surface area contributed by atoms with Gasteiger partial charge in [-0.25, -0.2) is 0 Å². The Morgan fingerprint density at radius 2 is 1.98 bits per heavy atom. The highest BCUT2D eigenvalue weighted by Crippen LogP contribution is 2.58. The summed E-state index contributed by atoms with van der Waals surface area (Å²) in [6.07, 6.45) is 1.19. The number of nitrogens with one attached hydrogen (secondary N) is 1. The number of hydrogen-bond acceptors (Lipinski definition) is 11. The van der Waals surface area contributed by atoms with E-state index in [2.05, 4.69) is 10.2 Å². The number of phenols is 1. The number of rotatable bonds is 4. The molecule has 7 N–H and O–H groups in total. The van der Waals surface area contributed by atoms with Crippen LogP contribution in [0.5, 0.6) is 11.5 Å². The normalized spacial score (nSPS) is 32.7. The molecule has 2 fully saturated rings. The predicted molar refractivity (Wildman–Crippen MR) is 147 cm³/mol. The zero-order valence-corrected chi connectivity index (χ0v) is 23.5. The van der Waals surface area contributed by atoms with E-state index in [0.717, 1.165) is 18.5 Å². The van der Waals surface area contributed by atoms with Gasteiger partial charge in [0.1, 0.15) is 22.8 Å². The highest BCUT2D eigenvalue weighted by molar-refractivity contribution is 6.24. The lowest BCUT2D eigenvalue weighted by Crippen LogP contribution is -2.66. The van der Waals surface area contributed by atoms with Crippen molar-refractivity contribution in [2.45, 2.75) is 43.9 Å². The number of ketones is 2. The smallest absolute Gasteiger partial charge is 0.255 e. The van der Waals surface area contributed by atoms with Crippen LogP contribution in [0.15, 0.2) is 16.9 Å². The molecule has 3 aliphatic carbocycles. The molecule has 2 aliphatic heterocycles. The molecule has 41 heavy (non-hydrogen) atoms. The fraction of sp³-hybridized carbons (Fsp3) is 0.552. The van der Waals surface area contributed by atoms with E-state index in [9.17, 15) is 34.8 Å². The number of hydrogen-bond donors (Lipinski definition) is 6. The van der Waals surface area contributed by atoms with Crippen molar-refractivity contribution >= 4 is 28.9 Å². The maximum absolute atomic E-state index is 14.1. The van der Waals surface area contributed by atoms with Crippen LogP contribution in [-0.4, -0.2) is 100 Å². The van der Waals surface area contributed by atoms with Gasteiger partial charge < -0.3 is 36.2 Å². The molecule has 1 aromatic rings. The molecule has 5 aliphatic rings. The van der Waals surface area contributed by atoms with Crippen LogP contribution in [0.3, 0.4) is 0 Å². The number of nitrogens with two attached hydrogens (primary N) is 1. The second kappa shape index (κ2) is 9.20. The molecule has 12 heteroatoms. The third-order valence-electron chi connectivity index (χ3n) is 10.1. The van der Waals surface area contributed by atoms with E-state index in [-0.39, 0.29) is 35.8 Å². The first kappa shape index (κ1) is 27.6. The number of Topliss-reactive ketones (excluding diaryl/α,β-unsaturated/α-hetero) is 2. The zero-order chi connectivity index (χ0) is 29.7. The highest BCUT2D eigenvalue weighted by atomic mass is 16.5. The van der Waals surface area contributed by atoms with Crippen LogP contribution < -0.4 is 15.8 Å². The van der Waals surface area contributed by atoms with E-state index in [1.165, 1.54) is 7.11 Å². The first-order chi connectivity index (χ1) is 19.4. The number of carbonyl (C=O) groups excluding carboxylic acids is 3. The summed E-state index contributed by atoms with van der Waals surface area (Å²) in [5, 5.41) is 49.4. The third-order valence-corrected chi connectivity index (χ3v) is 10.1. The minimum atomic E-state index is -2.67. The number of phenolic OH excluding ortho intramolecular Hbond substituents is 1. The lowest BCUT2D eigenvalue weighted by Gasteiger charge is -2.50. The van der Waals surface area contributed by atoms with Gasteiger partial charge in [-0.15, -0.1) is 0 Å². The number of likely N-dealkylation sites (N-methyl/N-ethyl adjacent to an activating group) is 1. The molecular weight excluding hydrogens is 532 g/mol. The van der Waals surface area contributed by atoms with Crippen molar-refractivity contribution in [2.24, 2.45) is 23.5 Å². The Labute approximate surface area is 237 Å². The van der Waals surface area contributed by atoms with Gasteiger partial charge in [0.25, 0.3) is 5.91 Å². The van der Waals surface area contributed by atoms with Crippen molar-refractivity contribution in [3.8, 4) is 11.5 Å². The zero-order valence-electron chi connectivity index (χ0n) is 23.5. The van der Waals surface area contributed by atoms with Crippen LogP contribution in [0.25, 0.3) is 5.76 Å². The molecule has 1 saturated carbocycles. The van der Waals surface area contributed by atoms with Gasteiger partial charge in [-0.2, -0.15) is 0 Å². The number of aromatic hydroxyl groups is 1. The van der Waals surface area contributed by atoms with Gasteiger partial charge in [-0.1, -0.05) is 6.92 Å². The SMILES string of the molecule is CCN(C)[C@@H]1C(=O)C(C(N)=O)=C(O)[C@@]2(O)C(=O)C3=C(O)c4c(O)c5c(c(OC)c4C[C@H]3C[C@@H]12)C1C(CCN1C)CN5. The number of likely N-dealkylation sites (tertiary alicyclic amines) is 1. The molecule has 1 aromatic carbocycles. The summed E-state index contributed by atoms with van der Waals surface area (Å²) in [6, 6.07) is -1.12. The minimum absolute atomic E-state index is 0.00384. The van der Waals surface area contributed by atoms with Gasteiger partial charge in [-0.05, 0) is 58.3 Å². The van der Waals surface area contributed by atoms with E-state index in [1.54, 1.807) is 18.9 Å². The fourth-order valence-electron chi connectivity index (χ4n) is 8.10. The Morgan fingerprint density at radius 1 is 1.27 bits per heavy atom. The third kappa shape index (κ3) is 3.41. The minimum Gasteiger partial charge on any atom is -0.508 e. The number of fused-ring (bicyclic) bond motifs is 6. The van der Waals surface area contributed by atoms with Crippen molar-refractivity contribution in [1.82, 2.24) is 9.80 Å². The summed E-state index contributed by atoms with van der Waals surface area (Å²) in [5.41, 5.74) is 3.55. The topological polar surface area (TPSA) is 186 Å². The number of methoxy groups -OCH3 is 1. The summed E-state index contributed by atoms with van der Waals surface area (Å²) in [4.78, 5) is 43.7. The first-order valence-corrected chi connectivity index (χ1v) is 14.0. The number of nitrogens with zero attached hydrogens (tertiary/aromatic N) is 2. The molecule has 0 radical (unpaired) electrons.